The monoisotopic (exact) mass is 326 g/mol. The molecular formula is C19H22N2O3. The molecule has 2 rings (SSSR count). The molecule has 5 nitrogen and oxygen atoms in total. The number of carbonyl (C=O) groups is 2. The van der Waals surface area contributed by atoms with Gasteiger partial charge in [0.25, 0.3) is 5.91 Å². The number of hydrogen-bond donors (Lipinski definition) is 2. The molecule has 0 saturated carbocycles. The smallest absolute Gasteiger partial charge is 0.259 e. The quantitative estimate of drug-likeness (QED) is 0.817. The number of rotatable bonds is 7. The van der Waals surface area contributed by atoms with E-state index >= 15 is 0 Å². The number of amides is 2. The molecule has 3 N–H and O–H groups in total. The molecule has 0 aromatic heterocycles. The maximum absolute atomic E-state index is 12.5. The third-order valence-electron chi connectivity index (χ3n) is 3.49. The second-order valence-electron chi connectivity index (χ2n) is 5.93. The first kappa shape index (κ1) is 17.5. The van der Waals surface area contributed by atoms with Gasteiger partial charge in [0.1, 0.15) is 5.75 Å². The average Bonchev–Trinajstić information content (AvgIpc) is 2.55. The molecule has 2 aromatic rings. The van der Waals surface area contributed by atoms with Crippen LogP contribution in [-0.2, 0) is 0 Å². The van der Waals surface area contributed by atoms with Crippen molar-refractivity contribution in [2.45, 2.75) is 20.3 Å². The van der Waals surface area contributed by atoms with Crippen molar-refractivity contribution in [3.8, 4) is 5.75 Å². The third kappa shape index (κ3) is 4.84. The van der Waals surface area contributed by atoms with E-state index in [0.29, 0.717) is 35.1 Å². The zero-order valence-corrected chi connectivity index (χ0v) is 13.9. The van der Waals surface area contributed by atoms with Crippen LogP contribution in [0.2, 0.25) is 0 Å². The van der Waals surface area contributed by atoms with Crippen molar-refractivity contribution < 1.29 is 14.3 Å². The molecule has 0 aliphatic carbocycles. The topological polar surface area (TPSA) is 81.4 Å². The molecule has 0 bridgehead atoms. The van der Waals surface area contributed by atoms with Crippen molar-refractivity contribution in [3.05, 3.63) is 59.7 Å². The summed E-state index contributed by atoms with van der Waals surface area (Å²) in [5.74, 6) is 0.240. The van der Waals surface area contributed by atoms with E-state index in [1.807, 2.05) is 6.07 Å². The van der Waals surface area contributed by atoms with Gasteiger partial charge >= 0.3 is 0 Å². The Morgan fingerprint density at radius 2 is 1.88 bits per heavy atom. The van der Waals surface area contributed by atoms with E-state index in [-0.39, 0.29) is 5.91 Å². The Bertz CT molecular complexity index is 726. The summed E-state index contributed by atoms with van der Waals surface area (Å²) in [6.07, 6.45) is 0.913. The summed E-state index contributed by atoms with van der Waals surface area (Å²) in [5.41, 5.74) is 6.56. The van der Waals surface area contributed by atoms with Gasteiger partial charge in [0.2, 0.25) is 5.91 Å². The van der Waals surface area contributed by atoms with Crippen LogP contribution < -0.4 is 15.8 Å². The van der Waals surface area contributed by atoms with Gasteiger partial charge in [-0.25, -0.2) is 0 Å². The lowest BCUT2D eigenvalue weighted by atomic mass is 10.1. The van der Waals surface area contributed by atoms with E-state index in [4.69, 9.17) is 10.5 Å². The standard InChI is InChI=1S/C19H22N2O3/c1-13(2)10-11-24-17-9-4-3-8-16(17)19(23)21-15-7-5-6-14(12-15)18(20)22/h3-9,12-13H,10-11H2,1-2H3,(H2,20,22)(H,21,23). The molecule has 0 saturated heterocycles. The van der Waals surface area contributed by atoms with Crippen LogP contribution in [0.1, 0.15) is 41.0 Å². The van der Waals surface area contributed by atoms with Gasteiger partial charge < -0.3 is 15.8 Å². The maximum Gasteiger partial charge on any atom is 0.259 e. The second kappa shape index (κ2) is 8.15. The van der Waals surface area contributed by atoms with Gasteiger partial charge in [-0.2, -0.15) is 0 Å². The molecular weight excluding hydrogens is 304 g/mol. The summed E-state index contributed by atoms with van der Waals surface area (Å²) in [6, 6.07) is 13.6. The lowest BCUT2D eigenvalue weighted by Gasteiger charge is -2.13. The van der Waals surface area contributed by atoms with Crippen LogP contribution in [0.15, 0.2) is 48.5 Å². The minimum atomic E-state index is -0.538. The summed E-state index contributed by atoms with van der Waals surface area (Å²) in [7, 11) is 0. The maximum atomic E-state index is 12.5. The minimum Gasteiger partial charge on any atom is -0.493 e. The largest absolute Gasteiger partial charge is 0.493 e. The van der Waals surface area contributed by atoms with E-state index in [1.165, 1.54) is 0 Å². The Balaban J connectivity index is 2.12. The van der Waals surface area contributed by atoms with Crippen molar-refractivity contribution in [2.75, 3.05) is 11.9 Å². The zero-order chi connectivity index (χ0) is 17.5. The van der Waals surface area contributed by atoms with Gasteiger partial charge in [-0.05, 0) is 42.7 Å². The first-order chi connectivity index (χ1) is 11.5. The molecule has 0 atom stereocenters. The number of nitrogens with two attached hydrogens (primary N) is 1. The highest BCUT2D eigenvalue weighted by atomic mass is 16.5. The molecule has 0 fully saturated rings. The molecule has 24 heavy (non-hydrogen) atoms. The molecule has 126 valence electrons. The molecule has 0 aliphatic heterocycles. The van der Waals surface area contributed by atoms with Crippen molar-refractivity contribution >= 4 is 17.5 Å². The molecule has 2 aromatic carbocycles. The fraction of sp³-hybridized carbons (Fsp3) is 0.263. The van der Waals surface area contributed by atoms with Crippen LogP contribution in [0, 0.1) is 5.92 Å². The molecule has 0 spiro atoms. The Labute approximate surface area is 141 Å². The number of benzene rings is 2. The lowest BCUT2D eigenvalue weighted by Crippen LogP contribution is -2.15. The van der Waals surface area contributed by atoms with E-state index in [9.17, 15) is 9.59 Å². The van der Waals surface area contributed by atoms with E-state index in [2.05, 4.69) is 19.2 Å². The second-order valence-corrected chi connectivity index (χ2v) is 5.93. The Morgan fingerprint density at radius 1 is 1.12 bits per heavy atom. The number of nitrogens with one attached hydrogen (secondary N) is 1. The first-order valence-electron chi connectivity index (χ1n) is 7.90. The molecule has 0 aliphatic rings. The van der Waals surface area contributed by atoms with Gasteiger partial charge in [0.15, 0.2) is 0 Å². The average molecular weight is 326 g/mol. The van der Waals surface area contributed by atoms with E-state index < -0.39 is 5.91 Å². The Kier molecular flexibility index (Phi) is 5.95. The number of ether oxygens (including phenoxy) is 1. The summed E-state index contributed by atoms with van der Waals surface area (Å²) < 4.78 is 5.73. The highest BCUT2D eigenvalue weighted by Crippen LogP contribution is 2.21. The number of anilines is 1. The normalized spacial score (nSPS) is 10.5. The number of hydrogen-bond acceptors (Lipinski definition) is 3. The number of primary amides is 1. The van der Waals surface area contributed by atoms with E-state index in [1.54, 1.807) is 42.5 Å². The van der Waals surface area contributed by atoms with Crippen LogP contribution in [-0.4, -0.2) is 18.4 Å². The van der Waals surface area contributed by atoms with Gasteiger partial charge in [-0.1, -0.05) is 32.0 Å². The summed E-state index contributed by atoms with van der Waals surface area (Å²) >= 11 is 0. The van der Waals surface area contributed by atoms with Gasteiger partial charge in [-0.3, -0.25) is 9.59 Å². The fourth-order valence-corrected chi connectivity index (χ4v) is 2.13. The zero-order valence-electron chi connectivity index (χ0n) is 13.9. The van der Waals surface area contributed by atoms with Crippen LogP contribution in [0.25, 0.3) is 0 Å². The molecule has 5 heteroatoms. The van der Waals surface area contributed by atoms with Crippen LogP contribution in [0.5, 0.6) is 5.75 Å². The van der Waals surface area contributed by atoms with Crippen molar-refractivity contribution in [3.63, 3.8) is 0 Å². The number of carbonyl (C=O) groups excluding carboxylic acids is 2. The lowest BCUT2D eigenvalue weighted by molar-refractivity contribution is 0.0995. The van der Waals surface area contributed by atoms with Gasteiger partial charge in [0.05, 0.1) is 12.2 Å². The number of para-hydroxylation sites is 1. The van der Waals surface area contributed by atoms with Crippen LogP contribution in [0.4, 0.5) is 5.69 Å². The predicted molar refractivity (Wildman–Crippen MR) is 94.3 cm³/mol. The highest BCUT2D eigenvalue weighted by Gasteiger charge is 2.13. The van der Waals surface area contributed by atoms with Crippen molar-refractivity contribution in [2.24, 2.45) is 11.7 Å². The van der Waals surface area contributed by atoms with Crippen LogP contribution in [0.3, 0.4) is 0 Å². The van der Waals surface area contributed by atoms with Crippen molar-refractivity contribution in [1.29, 1.82) is 0 Å². The predicted octanol–water partition coefficient (Wildman–Crippen LogP) is 3.46. The van der Waals surface area contributed by atoms with Gasteiger partial charge in [0, 0.05) is 11.3 Å². The molecule has 0 unspecified atom stereocenters. The fourth-order valence-electron chi connectivity index (χ4n) is 2.13. The first-order valence-corrected chi connectivity index (χ1v) is 7.90. The summed E-state index contributed by atoms with van der Waals surface area (Å²) in [5, 5.41) is 2.77. The SMILES string of the molecule is CC(C)CCOc1ccccc1C(=O)Nc1cccc(C(N)=O)c1. The third-order valence-corrected chi connectivity index (χ3v) is 3.49. The van der Waals surface area contributed by atoms with Crippen LogP contribution >= 0.6 is 0 Å². The molecule has 2 amide bonds. The summed E-state index contributed by atoms with van der Waals surface area (Å²) in [6.45, 7) is 4.79. The Morgan fingerprint density at radius 3 is 2.58 bits per heavy atom. The summed E-state index contributed by atoms with van der Waals surface area (Å²) in [4.78, 5) is 23.7. The van der Waals surface area contributed by atoms with Gasteiger partial charge in [-0.15, -0.1) is 0 Å². The Hall–Kier alpha value is -2.82. The van der Waals surface area contributed by atoms with Crippen molar-refractivity contribution in [1.82, 2.24) is 0 Å². The van der Waals surface area contributed by atoms with E-state index in [0.717, 1.165) is 6.42 Å². The minimum absolute atomic E-state index is 0.295. The molecule has 0 radical (unpaired) electrons. The highest BCUT2D eigenvalue weighted by molar-refractivity contribution is 6.06. The molecule has 0 heterocycles.